The molecule has 122 valence electrons. The maximum absolute atomic E-state index is 11.8. The lowest BCUT2D eigenvalue weighted by Crippen LogP contribution is -2.45. The van der Waals surface area contributed by atoms with Gasteiger partial charge < -0.3 is 14.8 Å². The van der Waals surface area contributed by atoms with Gasteiger partial charge in [0.15, 0.2) is 6.61 Å². The summed E-state index contributed by atoms with van der Waals surface area (Å²) in [5, 5.41) is 14.2. The van der Waals surface area contributed by atoms with Crippen LogP contribution in [-0.2, 0) is 14.3 Å². The Morgan fingerprint density at radius 1 is 1.50 bits per heavy atom. The summed E-state index contributed by atoms with van der Waals surface area (Å²) in [5.41, 5.74) is 7.28. The van der Waals surface area contributed by atoms with E-state index in [-0.39, 0.29) is 13.2 Å². The van der Waals surface area contributed by atoms with Crippen LogP contribution in [0.25, 0.3) is 10.4 Å². The molecule has 9 nitrogen and oxygen atoms in total. The van der Waals surface area contributed by atoms with Gasteiger partial charge in [0, 0.05) is 4.91 Å². The molecule has 9 heteroatoms. The fourth-order valence-electron chi connectivity index (χ4n) is 1.52. The van der Waals surface area contributed by atoms with E-state index in [0.717, 1.165) is 6.42 Å². The van der Waals surface area contributed by atoms with E-state index in [2.05, 4.69) is 15.3 Å². The fourth-order valence-corrected chi connectivity index (χ4v) is 1.52. The summed E-state index contributed by atoms with van der Waals surface area (Å²) in [6.07, 6.45) is 1.11. The second-order valence-corrected chi connectivity index (χ2v) is 5.14. The molecule has 0 rings (SSSR count). The summed E-state index contributed by atoms with van der Waals surface area (Å²) in [7, 11) is 0. The van der Waals surface area contributed by atoms with E-state index in [1.54, 1.807) is 19.9 Å². The van der Waals surface area contributed by atoms with Crippen LogP contribution in [-0.4, -0.2) is 36.9 Å². The van der Waals surface area contributed by atoms with E-state index in [0.29, 0.717) is 12.8 Å². The van der Waals surface area contributed by atoms with E-state index in [1.165, 1.54) is 0 Å². The average molecular weight is 311 g/mol. The molecule has 0 aromatic rings. The van der Waals surface area contributed by atoms with Crippen molar-refractivity contribution in [2.75, 3.05) is 13.2 Å². The number of hydrogen-bond acceptors (Lipinski definition) is 6. The smallest absolute Gasteiger partial charge is 0.408 e. The van der Waals surface area contributed by atoms with E-state index in [9.17, 15) is 9.59 Å². The van der Waals surface area contributed by atoms with Crippen molar-refractivity contribution in [2.45, 2.75) is 51.7 Å². The van der Waals surface area contributed by atoms with E-state index in [4.69, 9.17) is 20.3 Å². The molecule has 1 amide bonds. The fraction of sp³-hybridized carbons (Fsp3) is 0.769. The van der Waals surface area contributed by atoms with Gasteiger partial charge >= 0.3 is 12.1 Å². The minimum Gasteiger partial charge on any atom is -0.449 e. The van der Waals surface area contributed by atoms with Gasteiger partial charge in [-0.15, -0.1) is 0 Å². The standard InChI is InChI=1S/C13H21N5O4/c1-4-5-6-10(11(19)21-8-7-14)17-12(20)22-13(2,3)9-16-18-15/h10H,4-6,8-9H2,1-3H3,(H,17,20)/t10-/m0/s1. The first-order valence-corrected chi connectivity index (χ1v) is 6.90. The lowest BCUT2D eigenvalue weighted by atomic mass is 10.1. The van der Waals surface area contributed by atoms with Crippen LogP contribution >= 0.6 is 0 Å². The highest BCUT2D eigenvalue weighted by Crippen LogP contribution is 2.11. The van der Waals surface area contributed by atoms with Crippen molar-refractivity contribution in [1.29, 1.82) is 5.26 Å². The van der Waals surface area contributed by atoms with Gasteiger partial charge in [0.05, 0.1) is 6.54 Å². The molecule has 0 fully saturated rings. The van der Waals surface area contributed by atoms with Crippen molar-refractivity contribution in [3.8, 4) is 6.07 Å². The topological polar surface area (TPSA) is 137 Å². The summed E-state index contributed by atoms with van der Waals surface area (Å²) in [6.45, 7) is 4.70. The number of alkyl carbamates (subject to hydrolysis) is 1. The van der Waals surface area contributed by atoms with Crippen LogP contribution in [0.4, 0.5) is 4.79 Å². The Morgan fingerprint density at radius 3 is 2.73 bits per heavy atom. The lowest BCUT2D eigenvalue weighted by molar-refractivity contribution is -0.145. The molecule has 0 radical (unpaired) electrons. The van der Waals surface area contributed by atoms with Crippen molar-refractivity contribution in [1.82, 2.24) is 5.32 Å². The normalized spacial score (nSPS) is 11.5. The number of unbranched alkanes of at least 4 members (excludes halogenated alkanes) is 1. The molecule has 22 heavy (non-hydrogen) atoms. The van der Waals surface area contributed by atoms with Crippen molar-refractivity contribution < 1.29 is 19.1 Å². The quantitative estimate of drug-likeness (QED) is 0.301. The zero-order chi connectivity index (χ0) is 17.0. The SMILES string of the molecule is CCCC[C@H](NC(=O)OC(C)(C)CN=[N+]=[N-])C(=O)OCC#N. The van der Waals surface area contributed by atoms with Crippen molar-refractivity contribution >= 4 is 12.1 Å². The summed E-state index contributed by atoms with van der Waals surface area (Å²) in [4.78, 5) is 26.2. The Hall–Kier alpha value is -2.46. The average Bonchev–Trinajstić information content (AvgIpc) is 2.46. The molecule has 0 aliphatic heterocycles. The van der Waals surface area contributed by atoms with Gasteiger partial charge in [0.2, 0.25) is 0 Å². The van der Waals surface area contributed by atoms with Crippen LogP contribution in [0.5, 0.6) is 0 Å². The van der Waals surface area contributed by atoms with Crippen LogP contribution in [0.3, 0.4) is 0 Å². The second kappa shape index (κ2) is 10.3. The number of nitrogens with zero attached hydrogens (tertiary/aromatic N) is 4. The van der Waals surface area contributed by atoms with Gasteiger partial charge in [-0.25, -0.2) is 9.59 Å². The molecule has 0 aromatic carbocycles. The molecule has 0 aliphatic carbocycles. The largest absolute Gasteiger partial charge is 0.449 e. The summed E-state index contributed by atoms with van der Waals surface area (Å²) < 4.78 is 9.83. The van der Waals surface area contributed by atoms with E-state index >= 15 is 0 Å². The van der Waals surface area contributed by atoms with Gasteiger partial charge in [-0.2, -0.15) is 5.26 Å². The molecular formula is C13H21N5O4. The number of carbonyl (C=O) groups excluding carboxylic acids is 2. The molecule has 0 spiro atoms. The van der Waals surface area contributed by atoms with Crippen LogP contribution < -0.4 is 5.32 Å². The van der Waals surface area contributed by atoms with E-state index < -0.39 is 23.7 Å². The molecule has 0 bridgehead atoms. The Labute approximate surface area is 129 Å². The number of esters is 1. The monoisotopic (exact) mass is 311 g/mol. The molecule has 0 aliphatic rings. The zero-order valence-corrected chi connectivity index (χ0v) is 13.0. The van der Waals surface area contributed by atoms with Gasteiger partial charge in [-0.1, -0.05) is 24.9 Å². The minimum atomic E-state index is -0.998. The van der Waals surface area contributed by atoms with Crippen LogP contribution in [0.15, 0.2) is 5.11 Å². The van der Waals surface area contributed by atoms with E-state index in [1.807, 2.05) is 6.92 Å². The van der Waals surface area contributed by atoms with Crippen molar-refractivity contribution in [2.24, 2.45) is 5.11 Å². The summed E-state index contributed by atoms with van der Waals surface area (Å²) >= 11 is 0. The van der Waals surface area contributed by atoms with Crippen molar-refractivity contribution in [3.05, 3.63) is 10.4 Å². The molecule has 0 aromatic heterocycles. The predicted molar refractivity (Wildman–Crippen MR) is 77.6 cm³/mol. The number of hydrogen-bond donors (Lipinski definition) is 1. The summed E-state index contributed by atoms with van der Waals surface area (Å²) in [5.74, 6) is -0.681. The third-order valence-corrected chi connectivity index (χ3v) is 2.59. The number of carbonyl (C=O) groups is 2. The molecule has 1 atom stereocenters. The molecule has 1 N–H and O–H groups in total. The van der Waals surface area contributed by atoms with Crippen molar-refractivity contribution in [3.63, 3.8) is 0 Å². The Bertz CT molecular complexity index is 466. The molecule has 0 saturated carbocycles. The van der Waals surface area contributed by atoms with Gasteiger partial charge in [0.25, 0.3) is 0 Å². The third-order valence-electron chi connectivity index (χ3n) is 2.59. The highest BCUT2D eigenvalue weighted by Gasteiger charge is 2.27. The Kier molecular flexibility index (Phi) is 9.14. The molecule has 0 saturated heterocycles. The molecular weight excluding hydrogens is 290 g/mol. The summed E-state index contributed by atoms with van der Waals surface area (Å²) in [6, 6.07) is 0.812. The second-order valence-electron chi connectivity index (χ2n) is 5.14. The highest BCUT2D eigenvalue weighted by molar-refractivity contribution is 5.81. The molecule has 0 heterocycles. The Morgan fingerprint density at radius 2 is 2.18 bits per heavy atom. The minimum absolute atomic E-state index is 0.0323. The zero-order valence-electron chi connectivity index (χ0n) is 13.0. The maximum Gasteiger partial charge on any atom is 0.408 e. The maximum atomic E-state index is 11.8. The number of nitriles is 1. The Balaban J connectivity index is 4.63. The van der Waals surface area contributed by atoms with Crippen LogP contribution in [0.2, 0.25) is 0 Å². The first-order chi connectivity index (χ1) is 10.4. The number of ether oxygens (including phenoxy) is 2. The number of azide groups is 1. The predicted octanol–water partition coefficient (Wildman–Crippen LogP) is 2.43. The first kappa shape index (κ1) is 19.5. The highest BCUT2D eigenvalue weighted by atomic mass is 16.6. The lowest BCUT2D eigenvalue weighted by Gasteiger charge is -2.24. The van der Waals surface area contributed by atoms with Crippen LogP contribution in [0.1, 0.15) is 40.0 Å². The number of rotatable bonds is 9. The first-order valence-electron chi connectivity index (χ1n) is 6.90. The molecule has 0 unspecified atom stereocenters. The van der Waals surface area contributed by atoms with Crippen LogP contribution in [0, 0.1) is 11.3 Å². The van der Waals surface area contributed by atoms with Gasteiger partial charge in [-0.05, 0) is 25.8 Å². The number of amides is 1. The third kappa shape index (κ3) is 8.66. The number of nitrogens with one attached hydrogen (secondary N) is 1. The van der Waals surface area contributed by atoms with Gasteiger partial charge in [0.1, 0.15) is 17.7 Å². The van der Waals surface area contributed by atoms with Gasteiger partial charge in [-0.3, -0.25) is 0 Å².